The normalized spacial score (nSPS) is 12.7. The average Bonchev–Trinajstić information content (AvgIpc) is 2.27. The van der Waals surface area contributed by atoms with E-state index in [1.54, 1.807) is 0 Å². The molecule has 0 aliphatic heterocycles. The van der Waals surface area contributed by atoms with E-state index in [-0.39, 0.29) is 19.0 Å². The molecule has 0 bridgehead atoms. The molecule has 8 heteroatoms. The Morgan fingerprint density at radius 2 is 1.95 bits per heavy atom. The van der Waals surface area contributed by atoms with Crippen LogP contribution in [-0.2, 0) is 0 Å². The van der Waals surface area contributed by atoms with E-state index in [4.69, 9.17) is 10.8 Å². The molecule has 0 aliphatic carbocycles. The predicted octanol–water partition coefficient (Wildman–Crippen LogP) is 2.92. The Bertz CT molecular complexity index is 401. The lowest BCUT2D eigenvalue weighted by atomic mass is 10.0. The van der Waals surface area contributed by atoms with Crippen LogP contribution in [-0.4, -0.2) is 18.1 Å². The van der Waals surface area contributed by atoms with Gasteiger partial charge in [-0.2, -0.15) is 0 Å². The molecule has 0 spiro atoms. The Balaban J connectivity index is 0.00000324. The van der Waals surface area contributed by atoms with Gasteiger partial charge in [-0.05, 0) is 30.5 Å². The topological polar surface area (TPSA) is 55.5 Å². The molecule has 3 N–H and O–H groups in total. The lowest BCUT2D eigenvalue weighted by molar-refractivity contribution is -0.275. The van der Waals surface area contributed by atoms with E-state index in [1.807, 2.05) is 0 Å². The first-order valence-electron chi connectivity index (χ1n) is 5.25. The van der Waals surface area contributed by atoms with Crippen molar-refractivity contribution in [3.8, 4) is 5.75 Å². The molecule has 0 fully saturated rings. The van der Waals surface area contributed by atoms with Gasteiger partial charge in [-0.15, -0.1) is 25.6 Å². The summed E-state index contributed by atoms with van der Waals surface area (Å²) in [4.78, 5) is 0. The smallest absolute Gasteiger partial charge is 0.403 e. The van der Waals surface area contributed by atoms with Gasteiger partial charge in [-0.3, -0.25) is 0 Å². The van der Waals surface area contributed by atoms with Gasteiger partial charge in [-0.1, -0.05) is 6.07 Å². The molecule has 110 valence electrons. The van der Waals surface area contributed by atoms with Gasteiger partial charge in [0.05, 0.1) is 0 Å². The van der Waals surface area contributed by atoms with Crippen LogP contribution >= 0.6 is 12.4 Å². The molecule has 1 aromatic carbocycles. The third kappa shape index (κ3) is 6.09. The molecule has 1 rings (SSSR count). The lowest BCUT2D eigenvalue weighted by Crippen LogP contribution is -2.18. The third-order valence-electron chi connectivity index (χ3n) is 2.28. The number of hydrogen-bond acceptors (Lipinski definition) is 3. The Hall–Kier alpha value is -1.05. The maximum Gasteiger partial charge on any atom is 0.573 e. The van der Waals surface area contributed by atoms with E-state index in [2.05, 4.69) is 4.74 Å². The molecule has 0 aliphatic rings. The van der Waals surface area contributed by atoms with Crippen LogP contribution in [0.4, 0.5) is 17.6 Å². The van der Waals surface area contributed by atoms with E-state index in [0.717, 1.165) is 12.1 Å². The van der Waals surface area contributed by atoms with E-state index in [0.29, 0.717) is 18.4 Å². The van der Waals surface area contributed by atoms with Gasteiger partial charge in [0, 0.05) is 12.6 Å². The van der Waals surface area contributed by atoms with Crippen molar-refractivity contribution in [1.29, 1.82) is 0 Å². The van der Waals surface area contributed by atoms with Gasteiger partial charge >= 0.3 is 6.36 Å². The van der Waals surface area contributed by atoms with Gasteiger partial charge in [0.25, 0.3) is 0 Å². The summed E-state index contributed by atoms with van der Waals surface area (Å²) in [5.41, 5.74) is 6.04. The van der Waals surface area contributed by atoms with E-state index in [1.165, 1.54) is 6.07 Å². The summed E-state index contributed by atoms with van der Waals surface area (Å²) in [7, 11) is 0. The number of nitrogens with two attached hydrogens (primary N) is 1. The van der Waals surface area contributed by atoms with Crippen molar-refractivity contribution in [3.63, 3.8) is 0 Å². The van der Waals surface area contributed by atoms with Crippen LogP contribution in [0.1, 0.15) is 24.4 Å². The molecule has 0 unspecified atom stereocenters. The maximum absolute atomic E-state index is 13.3. The van der Waals surface area contributed by atoms with Gasteiger partial charge < -0.3 is 15.6 Å². The second-order valence-electron chi connectivity index (χ2n) is 3.71. The van der Waals surface area contributed by atoms with Crippen LogP contribution in [0.15, 0.2) is 18.2 Å². The van der Waals surface area contributed by atoms with Crippen LogP contribution in [0.25, 0.3) is 0 Å². The number of aliphatic hydroxyl groups excluding tert-OH is 1. The molecule has 19 heavy (non-hydrogen) atoms. The number of ether oxygens (including phenoxy) is 1. The lowest BCUT2D eigenvalue weighted by Gasteiger charge is -2.14. The fourth-order valence-corrected chi connectivity index (χ4v) is 1.43. The molecule has 0 heterocycles. The van der Waals surface area contributed by atoms with Gasteiger partial charge in [0.2, 0.25) is 0 Å². The summed E-state index contributed by atoms with van der Waals surface area (Å²) < 4.78 is 52.5. The van der Waals surface area contributed by atoms with Crippen molar-refractivity contribution in [2.24, 2.45) is 5.73 Å². The summed E-state index contributed by atoms with van der Waals surface area (Å²) in [5.74, 6) is -2.01. The summed E-state index contributed by atoms with van der Waals surface area (Å²) in [6, 6.07) is 2.53. The second-order valence-corrected chi connectivity index (χ2v) is 3.71. The SMILES string of the molecule is Cl.N[C@H](CCCO)c1ccc(OC(F)(F)F)c(F)c1. The molecule has 3 nitrogen and oxygen atoms in total. The number of alkyl halides is 3. The van der Waals surface area contributed by atoms with Crippen LogP contribution in [0.2, 0.25) is 0 Å². The van der Waals surface area contributed by atoms with Gasteiger partial charge in [-0.25, -0.2) is 4.39 Å². The molecule has 0 amide bonds. The molecule has 1 aromatic rings. The second kappa shape index (κ2) is 7.52. The monoisotopic (exact) mass is 303 g/mol. The van der Waals surface area contributed by atoms with Crippen molar-refractivity contribution < 1.29 is 27.4 Å². The van der Waals surface area contributed by atoms with Crippen molar-refractivity contribution in [1.82, 2.24) is 0 Å². The summed E-state index contributed by atoms with van der Waals surface area (Å²) in [6.07, 6.45) is -4.08. The fraction of sp³-hybridized carbons (Fsp3) is 0.455. The van der Waals surface area contributed by atoms with Crippen LogP contribution < -0.4 is 10.5 Å². The van der Waals surface area contributed by atoms with Crippen LogP contribution in [0.3, 0.4) is 0 Å². The number of benzene rings is 1. The summed E-state index contributed by atoms with van der Waals surface area (Å²) in [6.45, 7) is -0.0501. The summed E-state index contributed by atoms with van der Waals surface area (Å²) >= 11 is 0. The minimum absolute atomic E-state index is 0. The first-order valence-corrected chi connectivity index (χ1v) is 5.25. The molecule has 0 saturated heterocycles. The molecule has 0 aromatic heterocycles. The highest BCUT2D eigenvalue weighted by Crippen LogP contribution is 2.28. The highest BCUT2D eigenvalue weighted by molar-refractivity contribution is 5.85. The van der Waals surface area contributed by atoms with Gasteiger partial charge in [0.15, 0.2) is 11.6 Å². The largest absolute Gasteiger partial charge is 0.573 e. The predicted molar refractivity (Wildman–Crippen MR) is 63.6 cm³/mol. The Labute approximate surface area is 113 Å². The highest BCUT2D eigenvalue weighted by Gasteiger charge is 2.32. The maximum atomic E-state index is 13.3. The third-order valence-corrected chi connectivity index (χ3v) is 2.28. The Morgan fingerprint density at radius 3 is 2.42 bits per heavy atom. The van der Waals surface area contributed by atoms with Crippen molar-refractivity contribution in [2.75, 3.05) is 6.61 Å². The first kappa shape index (κ1) is 17.9. The molecule has 1 atom stereocenters. The zero-order chi connectivity index (χ0) is 13.8. The number of aliphatic hydroxyl groups is 1. The standard InChI is InChI=1S/C11H13F4NO2.ClH/c12-8-6-7(9(16)2-1-5-17)3-4-10(8)18-11(13,14)15;/h3-4,6,9,17H,1-2,5,16H2;1H/t9-;/m1./s1. The zero-order valence-electron chi connectivity index (χ0n) is 9.78. The number of halogens is 5. The molecule has 0 saturated carbocycles. The van der Waals surface area contributed by atoms with Crippen molar-refractivity contribution in [3.05, 3.63) is 29.6 Å². The zero-order valence-corrected chi connectivity index (χ0v) is 10.6. The highest BCUT2D eigenvalue weighted by atomic mass is 35.5. The van der Waals surface area contributed by atoms with Crippen LogP contribution in [0.5, 0.6) is 5.75 Å². The minimum atomic E-state index is -4.93. The van der Waals surface area contributed by atoms with Gasteiger partial charge in [0.1, 0.15) is 0 Å². The quantitative estimate of drug-likeness (QED) is 0.822. The number of rotatable bonds is 5. The first-order chi connectivity index (χ1) is 8.33. The Morgan fingerprint density at radius 1 is 1.32 bits per heavy atom. The van der Waals surface area contributed by atoms with Crippen molar-refractivity contribution >= 4 is 12.4 Å². The number of hydrogen-bond donors (Lipinski definition) is 2. The average molecular weight is 304 g/mol. The van der Waals surface area contributed by atoms with E-state index < -0.39 is 24.0 Å². The van der Waals surface area contributed by atoms with E-state index >= 15 is 0 Å². The Kier molecular flexibility index (Phi) is 7.10. The van der Waals surface area contributed by atoms with Crippen molar-refractivity contribution in [2.45, 2.75) is 25.2 Å². The molecular formula is C11H14ClF4NO2. The molecule has 0 radical (unpaired) electrons. The van der Waals surface area contributed by atoms with E-state index in [9.17, 15) is 17.6 Å². The van der Waals surface area contributed by atoms with Crippen LogP contribution in [0, 0.1) is 5.82 Å². The summed E-state index contributed by atoms with van der Waals surface area (Å²) in [5, 5.41) is 8.61. The molecular weight excluding hydrogens is 290 g/mol. The minimum Gasteiger partial charge on any atom is -0.403 e. The fourth-order valence-electron chi connectivity index (χ4n) is 1.43.